The lowest BCUT2D eigenvalue weighted by Crippen LogP contribution is -2.38. The summed E-state index contributed by atoms with van der Waals surface area (Å²) >= 11 is 0. The van der Waals surface area contributed by atoms with Gasteiger partial charge in [-0.15, -0.1) is 0 Å². The van der Waals surface area contributed by atoms with Crippen LogP contribution in [0.25, 0.3) is 0 Å². The van der Waals surface area contributed by atoms with E-state index in [1.54, 1.807) is 0 Å². The van der Waals surface area contributed by atoms with Crippen LogP contribution >= 0.6 is 0 Å². The smallest absolute Gasteiger partial charge is 0.270 e. The Bertz CT molecular complexity index is 505. The van der Waals surface area contributed by atoms with Gasteiger partial charge in [-0.3, -0.25) is 9.11 Å². The third-order valence-corrected chi connectivity index (χ3v) is 6.87. The van der Waals surface area contributed by atoms with Gasteiger partial charge < -0.3 is 0 Å². The Hall–Kier alpha value is -0.230. The van der Waals surface area contributed by atoms with Crippen molar-refractivity contribution in [2.24, 2.45) is 0 Å². The number of hydrogen-bond acceptors (Lipinski definition) is 6. The highest BCUT2D eigenvalue weighted by Crippen LogP contribution is 2.24. The molecule has 1 rings (SSSR count). The maximum absolute atomic E-state index is 11.0. The van der Waals surface area contributed by atoms with Crippen molar-refractivity contribution < 1.29 is 34.4 Å². The third kappa shape index (κ3) is 2.87. The van der Waals surface area contributed by atoms with Gasteiger partial charge in [0, 0.05) is 0 Å². The summed E-state index contributed by atoms with van der Waals surface area (Å²) in [4.78, 5) is 0. The first-order valence-electron chi connectivity index (χ1n) is 3.56. The zero-order valence-electron chi connectivity index (χ0n) is 7.14. The van der Waals surface area contributed by atoms with Crippen LogP contribution in [-0.4, -0.2) is 56.4 Å². The third-order valence-electron chi connectivity index (χ3n) is 2.02. The molecule has 0 aromatic carbocycles. The van der Waals surface area contributed by atoms with Gasteiger partial charge in [0.15, 0.2) is 9.84 Å². The normalized spacial score (nSPS) is 31.6. The van der Waals surface area contributed by atoms with Crippen molar-refractivity contribution in [3.8, 4) is 0 Å². The topological polar surface area (TPSA) is 143 Å². The fraction of sp³-hybridized carbons (Fsp3) is 1.00. The minimum atomic E-state index is -4.82. The molecule has 1 aliphatic rings. The second kappa shape index (κ2) is 3.38. The van der Waals surface area contributed by atoms with Gasteiger partial charge in [-0.25, -0.2) is 8.42 Å². The molecule has 0 aromatic heterocycles. The highest BCUT2D eigenvalue weighted by Gasteiger charge is 2.50. The first-order chi connectivity index (χ1) is 6.43. The lowest BCUT2D eigenvalue weighted by atomic mass is 10.4. The van der Waals surface area contributed by atoms with Gasteiger partial charge >= 0.3 is 0 Å². The predicted octanol–water partition coefficient (Wildman–Crippen LogP) is -2.07. The summed E-state index contributed by atoms with van der Waals surface area (Å²) in [6.07, 6.45) is 0. The molecule has 0 aliphatic carbocycles. The molecule has 2 N–H and O–H groups in total. The number of hydrogen-bond donors (Lipinski definition) is 2. The van der Waals surface area contributed by atoms with Gasteiger partial charge in [0.1, 0.15) is 10.5 Å². The van der Waals surface area contributed by atoms with E-state index in [2.05, 4.69) is 0 Å². The molecule has 1 aliphatic heterocycles. The molecule has 1 fully saturated rings. The van der Waals surface area contributed by atoms with Crippen LogP contribution in [0.1, 0.15) is 0 Å². The number of rotatable bonds is 2. The van der Waals surface area contributed by atoms with E-state index in [9.17, 15) is 25.3 Å². The lowest BCUT2D eigenvalue weighted by molar-refractivity contribution is 0.450. The molecule has 0 bridgehead atoms. The SMILES string of the molecule is O=S1(=O)C[C@H](S(=O)(=O)O)[C@@H](S(=O)(=O)O)C1. The molecule has 90 valence electrons. The summed E-state index contributed by atoms with van der Waals surface area (Å²) in [5.41, 5.74) is 0. The largest absolute Gasteiger partial charge is 0.285 e. The summed E-state index contributed by atoms with van der Waals surface area (Å²) in [6, 6.07) is 0. The molecule has 11 heteroatoms. The van der Waals surface area contributed by atoms with Crippen LogP contribution in [0.15, 0.2) is 0 Å². The van der Waals surface area contributed by atoms with Crippen molar-refractivity contribution in [2.75, 3.05) is 11.5 Å². The minimum Gasteiger partial charge on any atom is -0.285 e. The minimum absolute atomic E-state index is 1.00. The molecule has 8 nitrogen and oxygen atoms in total. The monoisotopic (exact) mass is 280 g/mol. The molecule has 1 saturated heterocycles. The van der Waals surface area contributed by atoms with E-state index in [-0.39, 0.29) is 0 Å². The van der Waals surface area contributed by atoms with Gasteiger partial charge in [0.25, 0.3) is 20.2 Å². The van der Waals surface area contributed by atoms with Crippen LogP contribution in [0.2, 0.25) is 0 Å². The maximum Gasteiger partial charge on any atom is 0.270 e. The second-order valence-electron chi connectivity index (χ2n) is 3.18. The summed E-state index contributed by atoms with van der Waals surface area (Å²) in [7, 11) is -13.5. The Morgan fingerprint density at radius 2 is 1.13 bits per heavy atom. The Morgan fingerprint density at radius 1 is 0.867 bits per heavy atom. The van der Waals surface area contributed by atoms with Crippen molar-refractivity contribution in [3.05, 3.63) is 0 Å². The molecule has 0 spiro atoms. The molecule has 1 heterocycles. The highest BCUT2D eigenvalue weighted by atomic mass is 32.2. The molecule has 0 unspecified atom stereocenters. The van der Waals surface area contributed by atoms with E-state index in [1.807, 2.05) is 0 Å². The van der Waals surface area contributed by atoms with Gasteiger partial charge in [0.05, 0.1) is 11.5 Å². The van der Waals surface area contributed by atoms with Crippen LogP contribution in [0, 0.1) is 0 Å². The lowest BCUT2D eigenvalue weighted by Gasteiger charge is -2.11. The standard InChI is InChI=1S/C4H8O8S3/c5-13(6)1-3(14(7,8)9)4(2-13)15(10,11)12/h3-4H,1-2H2,(H,7,8,9)(H,10,11,12)/t3-,4-/m0/s1. The quantitative estimate of drug-likeness (QED) is 0.549. The Balaban J connectivity index is 3.29. The molecule has 2 atom stereocenters. The van der Waals surface area contributed by atoms with Crippen LogP contribution in [-0.2, 0) is 30.1 Å². The molecule has 15 heavy (non-hydrogen) atoms. The molecular weight excluding hydrogens is 272 g/mol. The van der Waals surface area contributed by atoms with Gasteiger partial charge in [-0.1, -0.05) is 0 Å². The van der Waals surface area contributed by atoms with Gasteiger partial charge in [0.2, 0.25) is 0 Å². The van der Waals surface area contributed by atoms with E-state index in [0.717, 1.165) is 0 Å². The first-order valence-corrected chi connectivity index (χ1v) is 8.39. The van der Waals surface area contributed by atoms with E-state index in [0.29, 0.717) is 0 Å². The fourth-order valence-electron chi connectivity index (χ4n) is 1.34. The van der Waals surface area contributed by atoms with Crippen molar-refractivity contribution in [1.82, 2.24) is 0 Å². The Kier molecular flexibility index (Phi) is 2.89. The summed E-state index contributed by atoms with van der Waals surface area (Å²) in [5, 5.41) is -4.03. The van der Waals surface area contributed by atoms with E-state index < -0.39 is 52.1 Å². The van der Waals surface area contributed by atoms with Crippen molar-refractivity contribution in [3.63, 3.8) is 0 Å². The van der Waals surface area contributed by atoms with Gasteiger partial charge in [-0.05, 0) is 0 Å². The average molecular weight is 280 g/mol. The second-order valence-corrected chi connectivity index (χ2v) is 8.61. The Morgan fingerprint density at radius 3 is 1.33 bits per heavy atom. The zero-order valence-corrected chi connectivity index (χ0v) is 9.59. The van der Waals surface area contributed by atoms with E-state index >= 15 is 0 Å². The average Bonchev–Trinajstić information content (AvgIpc) is 2.23. The Labute approximate surface area is 86.7 Å². The maximum atomic E-state index is 11.0. The number of sulfone groups is 1. The molecule has 0 saturated carbocycles. The fourth-order valence-corrected chi connectivity index (χ4v) is 7.61. The van der Waals surface area contributed by atoms with Crippen LogP contribution in [0.3, 0.4) is 0 Å². The van der Waals surface area contributed by atoms with Crippen LogP contribution in [0.4, 0.5) is 0 Å². The highest BCUT2D eigenvalue weighted by molar-refractivity contribution is 7.97. The van der Waals surface area contributed by atoms with Crippen LogP contribution in [0.5, 0.6) is 0 Å². The van der Waals surface area contributed by atoms with Crippen molar-refractivity contribution >= 4 is 30.1 Å². The summed E-state index contributed by atoms with van der Waals surface area (Å²) < 4.78 is 82.0. The molecule has 0 radical (unpaired) electrons. The first kappa shape index (κ1) is 12.8. The predicted molar refractivity (Wildman–Crippen MR) is 49.3 cm³/mol. The van der Waals surface area contributed by atoms with Crippen molar-refractivity contribution in [1.29, 1.82) is 0 Å². The summed E-state index contributed by atoms with van der Waals surface area (Å²) in [6.45, 7) is 0. The van der Waals surface area contributed by atoms with E-state index in [1.165, 1.54) is 0 Å². The molecular formula is C4H8O8S3. The summed E-state index contributed by atoms with van der Waals surface area (Å²) in [5.74, 6) is -2.01. The molecule has 0 aromatic rings. The van der Waals surface area contributed by atoms with E-state index in [4.69, 9.17) is 9.11 Å². The van der Waals surface area contributed by atoms with Gasteiger partial charge in [-0.2, -0.15) is 16.8 Å². The zero-order chi connectivity index (χ0) is 12.1. The van der Waals surface area contributed by atoms with Crippen LogP contribution < -0.4 is 0 Å². The molecule has 0 amide bonds. The van der Waals surface area contributed by atoms with Crippen molar-refractivity contribution in [2.45, 2.75) is 10.5 Å².